The number of carbonyl (C=O) groups is 1. The van der Waals surface area contributed by atoms with Gasteiger partial charge in [0.1, 0.15) is 0 Å². The summed E-state index contributed by atoms with van der Waals surface area (Å²) in [6.07, 6.45) is 0. The van der Waals surface area contributed by atoms with Gasteiger partial charge < -0.3 is 5.32 Å². The highest BCUT2D eigenvalue weighted by Crippen LogP contribution is 2.24. The SMILES string of the molecule is O=C(NCC1CSCCS1)c1ccc(Br)c(Cl)c1. The van der Waals surface area contributed by atoms with Crippen LogP contribution in [0.3, 0.4) is 0 Å². The van der Waals surface area contributed by atoms with E-state index in [2.05, 4.69) is 21.2 Å². The predicted octanol–water partition coefficient (Wildman–Crippen LogP) is 3.68. The molecule has 2 nitrogen and oxygen atoms in total. The quantitative estimate of drug-likeness (QED) is 0.885. The lowest BCUT2D eigenvalue weighted by molar-refractivity contribution is 0.0954. The summed E-state index contributed by atoms with van der Waals surface area (Å²) in [5.74, 6) is 3.46. The molecule has 1 saturated heterocycles. The van der Waals surface area contributed by atoms with Gasteiger partial charge in [-0.15, -0.1) is 0 Å². The summed E-state index contributed by atoms with van der Waals surface area (Å²) in [4.78, 5) is 11.9. The molecule has 0 saturated carbocycles. The lowest BCUT2D eigenvalue weighted by Crippen LogP contribution is -2.33. The molecular formula is C12H13BrClNOS2. The molecule has 98 valence electrons. The molecule has 1 N–H and O–H groups in total. The number of nitrogens with one attached hydrogen (secondary N) is 1. The number of amides is 1. The number of rotatable bonds is 3. The highest BCUT2D eigenvalue weighted by Gasteiger charge is 2.15. The van der Waals surface area contributed by atoms with Crippen LogP contribution in [0.1, 0.15) is 10.4 Å². The highest BCUT2D eigenvalue weighted by atomic mass is 79.9. The maximum atomic E-state index is 11.9. The normalized spacial score (nSPS) is 19.6. The molecule has 1 aromatic rings. The second-order valence-electron chi connectivity index (χ2n) is 3.91. The van der Waals surface area contributed by atoms with Gasteiger partial charge in [0.05, 0.1) is 5.02 Å². The van der Waals surface area contributed by atoms with Crippen molar-refractivity contribution in [1.29, 1.82) is 0 Å². The first-order chi connectivity index (χ1) is 8.66. The fourth-order valence-electron chi connectivity index (χ4n) is 1.60. The molecule has 0 aliphatic carbocycles. The van der Waals surface area contributed by atoms with Gasteiger partial charge in [0, 0.05) is 39.1 Å². The van der Waals surface area contributed by atoms with Crippen LogP contribution in [0.2, 0.25) is 5.02 Å². The third-order valence-electron chi connectivity index (χ3n) is 2.56. The number of hydrogen-bond acceptors (Lipinski definition) is 3. The Morgan fingerprint density at radius 3 is 3.00 bits per heavy atom. The van der Waals surface area contributed by atoms with Crippen LogP contribution in [0.15, 0.2) is 22.7 Å². The zero-order valence-corrected chi connectivity index (χ0v) is 13.6. The van der Waals surface area contributed by atoms with E-state index in [-0.39, 0.29) is 5.91 Å². The van der Waals surface area contributed by atoms with E-state index >= 15 is 0 Å². The zero-order chi connectivity index (χ0) is 13.0. The molecule has 18 heavy (non-hydrogen) atoms. The summed E-state index contributed by atoms with van der Waals surface area (Å²) in [5, 5.41) is 4.06. The minimum absolute atomic E-state index is 0.0550. The Balaban J connectivity index is 1.88. The first-order valence-electron chi connectivity index (χ1n) is 5.59. The molecule has 0 bridgehead atoms. The molecule has 0 spiro atoms. The van der Waals surface area contributed by atoms with Gasteiger partial charge in [-0.2, -0.15) is 23.5 Å². The number of halogens is 2. The van der Waals surface area contributed by atoms with E-state index in [0.29, 0.717) is 15.8 Å². The predicted molar refractivity (Wildman–Crippen MR) is 85.1 cm³/mol. The maximum absolute atomic E-state index is 11.9. The monoisotopic (exact) mass is 365 g/mol. The number of carbonyl (C=O) groups excluding carboxylic acids is 1. The summed E-state index contributed by atoms with van der Waals surface area (Å²) in [5.41, 5.74) is 0.608. The van der Waals surface area contributed by atoms with E-state index in [4.69, 9.17) is 11.6 Å². The van der Waals surface area contributed by atoms with Gasteiger partial charge >= 0.3 is 0 Å². The van der Waals surface area contributed by atoms with Crippen LogP contribution in [-0.4, -0.2) is 35.0 Å². The van der Waals surface area contributed by atoms with E-state index in [1.165, 1.54) is 11.5 Å². The summed E-state index contributed by atoms with van der Waals surface area (Å²) in [6, 6.07) is 5.25. The van der Waals surface area contributed by atoms with Crippen molar-refractivity contribution in [2.75, 3.05) is 23.8 Å². The van der Waals surface area contributed by atoms with Gasteiger partial charge in [0.15, 0.2) is 0 Å². The van der Waals surface area contributed by atoms with Crippen LogP contribution in [0.4, 0.5) is 0 Å². The summed E-state index contributed by atoms with van der Waals surface area (Å²) in [6.45, 7) is 0.726. The van der Waals surface area contributed by atoms with Crippen LogP contribution in [0, 0.1) is 0 Å². The maximum Gasteiger partial charge on any atom is 0.251 e. The molecule has 0 aromatic heterocycles. The van der Waals surface area contributed by atoms with Gasteiger partial charge in [-0.05, 0) is 34.1 Å². The van der Waals surface area contributed by atoms with E-state index in [1.807, 2.05) is 23.5 Å². The molecule has 1 fully saturated rings. The lowest BCUT2D eigenvalue weighted by Gasteiger charge is -2.21. The Morgan fingerprint density at radius 2 is 2.33 bits per heavy atom. The number of hydrogen-bond donors (Lipinski definition) is 1. The third-order valence-corrected chi connectivity index (χ3v) is 6.63. The van der Waals surface area contributed by atoms with E-state index in [1.54, 1.807) is 18.2 Å². The van der Waals surface area contributed by atoms with Crippen LogP contribution < -0.4 is 5.32 Å². The molecule has 1 atom stereocenters. The van der Waals surface area contributed by atoms with Crippen molar-refractivity contribution in [3.63, 3.8) is 0 Å². The summed E-state index contributed by atoms with van der Waals surface area (Å²) in [7, 11) is 0. The van der Waals surface area contributed by atoms with Gasteiger partial charge in [-0.25, -0.2) is 0 Å². The second kappa shape index (κ2) is 7.08. The third kappa shape index (κ3) is 4.08. The van der Waals surface area contributed by atoms with Crippen molar-refractivity contribution >= 4 is 57.0 Å². The highest BCUT2D eigenvalue weighted by molar-refractivity contribution is 9.10. The fourth-order valence-corrected chi connectivity index (χ4v) is 4.64. The Hall–Kier alpha value is 0.160. The minimum atomic E-state index is -0.0550. The van der Waals surface area contributed by atoms with Gasteiger partial charge in [-0.1, -0.05) is 11.6 Å². The van der Waals surface area contributed by atoms with Crippen molar-refractivity contribution in [2.24, 2.45) is 0 Å². The smallest absolute Gasteiger partial charge is 0.251 e. The Kier molecular flexibility index (Phi) is 5.73. The van der Waals surface area contributed by atoms with Crippen molar-refractivity contribution in [3.05, 3.63) is 33.3 Å². The van der Waals surface area contributed by atoms with E-state index in [9.17, 15) is 4.79 Å². The fraction of sp³-hybridized carbons (Fsp3) is 0.417. The van der Waals surface area contributed by atoms with Crippen LogP contribution in [0.25, 0.3) is 0 Å². The van der Waals surface area contributed by atoms with E-state index in [0.717, 1.165) is 16.8 Å². The Bertz CT molecular complexity index is 438. The van der Waals surface area contributed by atoms with Crippen molar-refractivity contribution in [2.45, 2.75) is 5.25 Å². The molecule has 1 aromatic carbocycles. The molecule has 1 unspecified atom stereocenters. The zero-order valence-electron chi connectivity index (χ0n) is 9.62. The first kappa shape index (κ1) is 14.6. The minimum Gasteiger partial charge on any atom is -0.351 e. The summed E-state index contributed by atoms with van der Waals surface area (Å²) >= 11 is 13.2. The Morgan fingerprint density at radius 1 is 1.50 bits per heavy atom. The number of benzene rings is 1. The Labute approximate surface area is 129 Å². The van der Waals surface area contributed by atoms with Crippen LogP contribution in [-0.2, 0) is 0 Å². The van der Waals surface area contributed by atoms with Crippen molar-refractivity contribution in [1.82, 2.24) is 5.32 Å². The molecule has 1 amide bonds. The number of thioether (sulfide) groups is 2. The molecule has 1 aliphatic rings. The standard InChI is InChI=1S/C12H13BrClNOS2/c13-10-2-1-8(5-11(10)14)12(16)15-6-9-7-17-3-4-18-9/h1-2,5,9H,3-4,6-7H2,(H,15,16). The van der Waals surface area contributed by atoms with Crippen molar-refractivity contribution in [3.8, 4) is 0 Å². The van der Waals surface area contributed by atoms with Gasteiger partial charge in [0.2, 0.25) is 0 Å². The van der Waals surface area contributed by atoms with Crippen LogP contribution in [0.5, 0.6) is 0 Å². The molecule has 2 rings (SSSR count). The molecule has 6 heteroatoms. The van der Waals surface area contributed by atoms with Crippen molar-refractivity contribution < 1.29 is 4.79 Å². The average Bonchev–Trinajstić information content (AvgIpc) is 2.40. The van der Waals surface area contributed by atoms with Crippen LogP contribution >= 0.6 is 51.1 Å². The van der Waals surface area contributed by atoms with E-state index < -0.39 is 0 Å². The topological polar surface area (TPSA) is 29.1 Å². The first-order valence-corrected chi connectivity index (χ1v) is 8.97. The molecule has 1 heterocycles. The molecule has 1 aliphatic heterocycles. The summed E-state index contributed by atoms with van der Waals surface area (Å²) < 4.78 is 0.806. The van der Waals surface area contributed by atoms with Gasteiger partial charge in [0.25, 0.3) is 5.91 Å². The average molecular weight is 367 g/mol. The largest absolute Gasteiger partial charge is 0.351 e. The molecule has 0 radical (unpaired) electrons. The second-order valence-corrected chi connectivity index (χ2v) is 7.73. The van der Waals surface area contributed by atoms with Gasteiger partial charge in [-0.3, -0.25) is 4.79 Å². The lowest BCUT2D eigenvalue weighted by atomic mass is 10.2. The molecular weight excluding hydrogens is 354 g/mol.